The number of nitrogens with zero attached hydrogens (tertiary/aromatic N) is 1. The second-order valence-corrected chi connectivity index (χ2v) is 3.53. The van der Waals surface area contributed by atoms with Crippen LogP contribution in [0, 0.1) is 6.92 Å². The molecule has 0 saturated carbocycles. The van der Waals surface area contributed by atoms with Crippen molar-refractivity contribution in [2.45, 2.75) is 13.5 Å². The summed E-state index contributed by atoms with van der Waals surface area (Å²) in [6, 6.07) is 7.47. The first-order chi connectivity index (χ1) is 8.16. The van der Waals surface area contributed by atoms with Gasteiger partial charge in [-0.1, -0.05) is 12.1 Å². The van der Waals surface area contributed by atoms with Gasteiger partial charge in [0.15, 0.2) is 17.8 Å². The SMILES string of the molecule is Cc1cccc(OCc2ocnc2C(=O)O)c1. The number of benzene rings is 1. The van der Waals surface area contributed by atoms with E-state index in [-0.39, 0.29) is 18.1 Å². The molecule has 0 amide bonds. The van der Waals surface area contributed by atoms with Gasteiger partial charge in [0.2, 0.25) is 0 Å². The lowest BCUT2D eigenvalue weighted by Crippen LogP contribution is -2.04. The molecule has 0 aliphatic heterocycles. The molecule has 0 fully saturated rings. The highest BCUT2D eigenvalue weighted by molar-refractivity contribution is 5.86. The van der Waals surface area contributed by atoms with Crippen LogP contribution in [0.4, 0.5) is 0 Å². The van der Waals surface area contributed by atoms with Gasteiger partial charge in [-0.25, -0.2) is 9.78 Å². The summed E-state index contributed by atoms with van der Waals surface area (Å²) < 4.78 is 10.4. The van der Waals surface area contributed by atoms with Crippen LogP contribution in [0.5, 0.6) is 5.75 Å². The number of aromatic nitrogens is 1. The van der Waals surface area contributed by atoms with E-state index in [1.54, 1.807) is 6.07 Å². The molecule has 17 heavy (non-hydrogen) atoms. The Morgan fingerprint density at radius 1 is 1.53 bits per heavy atom. The van der Waals surface area contributed by atoms with Gasteiger partial charge in [0.1, 0.15) is 12.4 Å². The molecule has 0 aliphatic carbocycles. The summed E-state index contributed by atoms with van der Waals surface area (Å²) in [6.45, 7) is 2.00. The van der Waals surface area contributed by atoms with Crippen LogP contribution in [0.1, 0.15) is 21.8 Å². The van der Waals surface area contributed by atoms with E-state index in [2.05, 4.69) is 4.98 Å². The minimum atomic E-state index is -1.12. The maximum Gasteiger partial charge on any atom is 0.358 e. The van der Waals surface area contributed by atoms with E-state index in [9.17, 15) is 4.79 Å². The van der Waals surface area contributed by atoms with Crippen LogP contribution in [0.25, 0.3) is 0 Å². The van der Waals surface area contributed by atoms with Gasteiger partial charge in [-0.05, 0) is 24.6 Å². The minimum Gasteiger partial charge on any atom is -0.486 e. The topological polar surface area (TPSA) is 72.6 Å². The fourth-order valence-electron chi connectivity index (χ4n) is 1.40. The molecule has 0 bridgehead atoms. The zero-order chi connectivity index (χ0) is 12.3. The van der Waals surface area contributed by atoms with Crippen LogP contribution in [0.2, 0.25) is 0 Å². The zero-order valence-corrected chi connectivity index (χ0v) is 9.21. The van der Waals surface area contributed by atoms with E-state index >= 15 is 0 Å². The van der Waals surface area contributed by atoms with Gasteiger partial charge in [0.25, 0.3) is 0 Å². The standard InChI is InChI=1S/C12H11NO4/c1-8-3-2-4-9(5-8)16-6-10-11(12(14)15)13-7-17-10/h2-5,7H,6H2,1H3,(H,14,15). The molecular weight excluding hydrogens is 222 g/mol. The van der Waals surface area contributed by atoms with Gasteiger partial charge in [-0.15, -0.1) is 0 Å². The molecule has 5 nitrogen and oxygen atoms in total. The smallest absolute Gasteiger partial charge is 0.358 e. The van der Waals surface area contributed by atoms with E-state index in [4.69, 9.17) is 14.3 Å². The monoisotopic (exact) mass is 233 g/mol. The number of rotatable bonds is 4. The van der Waals surface area contributed by atoms with Crippen molar-refractivity contribution in [1.82, 2.24) is 4.98 Å². The lowest BCUT2D eigenvalue weighted by atomic mass is 10.2. The Hall–Kier alpha value is -2.30. The number of hydrogen-bond acceptors (Lipinski definition) is 4. The van der Waals surface area contributed by atoms with Crippen LogP contribution < -0.4 is 4.74 Å². The fourth-order valence-corrected chi connectivity index (χ4v) is 1.40. The summed E-state index contributed by atoms with van der Waals surface area (Å²) in [5.41, 5.74) is 0.955. The number of ether oxygens (including phenoxy) is 1. The molecule has 1 aromatic heterocycles. The molecule has 2 aromatic rings. The van der Waals surface area contributed by atoms with E-state index < -0.39 is 5.97 Å². The molecule has 1 aromatic carbocycles. The summed E-state index contributed by atoms with van der Waals surface area (Å²) in [5, 5.41) is 8.82. The average molecular weight is 233 g/mol. The van der Waals surface area contributed by atoms with Crippen LogP contribution >= 0.6 is 0 Å². The molecule has 88 valence electrons. The van der Waals surface area contributed by atoms with Crippen molar-refractivity contribution >= 4 is 5.97 Å². The summed E-state index contributed by atoms with van der Waals surface area (Å²) in [5.74, 6) is -0.252. The van der Waals surface area contributed by atoms with E-state index in [1.807, 2.05) is 25.1 Å². The summed E-state index contributed by atoms with van der Waals surface area (Å²) in [4.78, 5) is 14.4. The second-order valence-electron chi connectivity index (χ2n) is 3.53. The van der Waals surface area contributed by atoms with Gasteiger partial charge >= 0.3 is 5.97 Å². The molecule has 1 N–H and O–H groups in total. The Morgan fingerprint density at radius 3 is 3.06 bits per heavy atom. The molecule has 2 rings (SSSR count). The van der Waals surface area contributed by atoms with Gasteiger partial charge in [0.05, 0.1) is 0 Å². The first kappa shape index (κ1) is 11.2. The third-order valence-electron chi connectivity index (χ3n) is 2.20. The van der Waals surface area contributed by atoms with Crippen molar-refractivity contribution in [2.75, 3.05) is 0 Å². The molecule has 0 atom stereocenters. The highest BCUT2D eigenvalue weighted by Crippen LogP contribution is 2.15. The third-order valence-corrected chi connectivity index (χ3v) is 2.20. The summed E-state index contributed by atoms with van der Waals surface area (Å²) in [7, 11) is 0. The van der Waals surface area contributed by atoms with Crippen LogP contribution in [-0.2, 0) is 6.61 Å². The zero-order valence-electron chi connectivity index (χ0n) is 9.21. The largest absolute Gasteiger partial charge is 0.486 e. The summed E-state index contributed by atoms with van der Waals surface area (Å²) in [6.07, 6.45) is 1.10. The van der Waals surface area contributed by atoms with Crippen LogP contribution in [0.3, 0.4) is 0 Å². The van der Waals surface area contributed by atoms with Crippen molar-refractivity contribution in [3.8, 4) is 5.75 Å². The normalized spacial score (nSPS) is 10.2. The number of oxazole rings is 1. The van der Waals surface area contributed by atoms with Gasteiger partial charge in [-0.3, -0.25) is 0 Å². The van der Waals surface area contributed by atoms with Crippen molar-refractivity contribution in [3.05, 3.63) is 47.7 Å². The fraction of sp³-hybridized carbons (Fsp3) is 0.167. The predicted molar refractivity (Wildman–Crippen MR) is 59.0 cm³/mol. The Labute approximate surface area is 97.7 Å². The van der Waals surface area contributed by atoms with Crippen molar-refractivity contribution in [3.63, 3.8) is 0 Å². The summed E-state index contributed by atoms with van der Waals surface area (Å²) >= 11 is 0. The maximum atomic E-state index is 10.8. The first-order valence-electron chi connectivity index (χ1n) is 5.02. The van der Waals surface area contributed by atoms with E-state index in [0.717, 1.165) is 12.0 Å². The Kier molecular flexibility index (Phi) is 3.09. The molecular formula is C12H11NO4. The number of aryl methyl sites for hydroxylation is 1. The molecule has 0 spiro atoms. The van der Waals surface area contributed by atoms with E-state index in [1.165, 1.54) is 0 Å². The third kappa shape index (κ3) is 2.63. The first-order valence-corrected chi connectivity index (χ1v) is 5.02. The Morgan fingerprint density at radius 2 is 2.35 bits per heavy atom. The average Bonchev–Trinajstić information content (AvgIpc) is 2.74. The van der Waals surface area contributed by atoms with Gasteiger partial charge in [0, 0.05) is 0 Å². The molecule has 0 saturated heterocycles. The van der Waals surface area contributed by atoms with Gasteiger partial charge in [-0.2, -0.15) is 0 Å². The number of aromatic carboxylic acids is 1. The highest BCUT2D eigenvalue weighted by atomic mass is 16.5. The number of carbonyl (C=O) groups is 1. The molecule has 0 unspecified atom stereocenters. The second kappa shape index (κ2) is 4.69. The predicted octanol–water partition coefficient (Wildman–Crippen LogP) is 2.26. The maximum absolute atomic E-state index is 10.8. The lowest BCUT2D eigenvalue weighted by Gasteiger charge is -2.04. The van der Waals surface area contributed by atoms with Crippen molar-refractivity contribution in [1.29, 1.82) is 0 Å². The highest BCUT2D eigenvalue weighted by Gasteiger charge is 2.15. The molecule has 0 aliphatic rings. The number of carboxylic acid groups (broad SMARTS) is 1. The molecule has 1 heterocycles. The van der Waals surface area contributed by atoms with Crippen LogP contribution in [-0.4, -0.2) is 16.1 Å². The lowest BCUT2D eigenvalue weighted by molar-refractivity contribution is 0.0686. The number of hydrogen-bond donors (Lipinski definition) is 1. The van der Waals surface area contributed by atoms with E-state index in [0.29, 0.717) is 5.75 Å². The minimum absolute atomic E-state index is 0.0467. The quantitative estimate of drug-likeness (QED) is 0.876. The van der Waals surface area contributed by atoms with Gasteiger partial charge < -0.3 is 14.3 Å². The Balaban J connectivity index is 2.07. The Bertz CT molecular complexity index is 533. The van der Waals surface area contributed by atoms with Crippen LogP contribution in [0.15, 0.2) is 35.1 Å². The number of carboxylic acids is 1. The van der Waals surface area contributed by atoms with Crippen molar-refractivity contribution in [2.24, 2.45) is 0 Å². The molecule has 5 heteroatoms. The van der Waals surface area contributed by atoms with Crippen molar-refractivity contribution < 1.29 is 19.1 Å². The molecule has 0 radical (unpaired) electrons.